The third kappa shape index (κ3) is 2.58. The highest BCUT2D eigenvalue weighted by Crippen LogP contribution is 2.22. The molecule has 78 valence electrons. The van der Waals surface area contributed by atoms with Crippen LogP contribution in [0.5, 0.6) is 0 Å². The maximum Gasteiger partial charge on any atom is 0.0316 e. The Kier molecular flexibility index (Phi) is 4.15. The summed E-state index contributed by atoms with van der Waals surface area (Å²) in [5.41, 5.74) is 2.97. The zero-order valence-electron chi connectivity index (χ0n) is 9.75. The van der Waals surface area contributed by atoms with E-state index in [-0.39, 0.29) is 0 Å². The van der Waals surface area contributed by atoms with Crippen molar-refractivity contribution < 1.29 is 0 Å². The van der Waals surface area contributed by atoms with Crippen LogP contribution in [0.25, 0.3) is 0 Å². The molecule has 0 radical (unpaired) electrons. The van der Waals surface area contributed by atoms with E-state index in [1.165, 1.54) is 24.0 Å². The second-order valence-corrected chi connectivity index (χ2v) is 4.09. The van der Waals surface area contributed by atoms with Crippen LogP contribution in [0.3, 0.4) is 0 Å². The summed E-state index contributed by atoms with van der Waals surface area (Å²) in [6.45, 7) is 4.49. The van der Waals surface area contributed by atoms with Crippen LogP contribution in [0.2, 0.25) is 0 Å². The molecule has 0 saturated carbocycles. The molecule has 1 rings (SSSR count). The van der Waals surface area contributed by atoms with Crippen LogP contribution in [0.1, 0.15) is 37.4 Å². The third-order valence-electron chi connectivity index (χ3n) is 2.80. The van der Waals surface area contributed by atoms with Gasteiger partial charge in [0.05, 0.1) is 0 Å². The van der Waals surface area contributed by atoms with Crippen LogP contribution in [0.4, 0.5) is 0 Å². The number of hydrogen-bond acceptors (Lipinski definition) is 1. The highest BCUT2D eigenvalue weighted by atomic mass is 15.1. The summed E-state index contributed by atoms with van der Waals surface area (Å²) in [6.07, 6.45) is 2.41. The molecule has 1 atom stereocenters. The third-order valence-corrected chi connectivity index (χ3v) is 2.80. The van der Waals surface area contributed by atoms with E-state index in [9.17, 15) is 0 Å². The average Bonchev–Trinajstić information content (AvgIpc) is 2.18. The van der Waals surface area contributed by atoms with Crippen LogP contribution in [-0.2, 0) is 6.42 Å². The van der Waals surface area contributed by atoms with Gasteiger partial charge in [-0.15, -0.1) is 0 Å². The lowest BCUT2D eigenvalue weighted by molar-refractivity contribution is 0.319. The van der Waals surface area contributed by atoms with Crippen molar-refractivity contribution >= 4 is 0 Å². The maximum absolute atomic E-state index is 2.26. The topological polar surface area (TPSA) is 3.24 Å². The number of benzene rings is 1. The molecule has 14 heavy (non-hydrogen) atoms. The Morgan fingerprint density at radius 1 is 1.21 bits per heavy atom. The summed E-state index contributed by atoms with van der Waals surface area (Å²) < 4.78 is 0. The monoisotopic (exact) mass is 191 g/mol. The highest BCUT2D eigenvalue weighted by molar-refractivity contribution is 5.29. The molecule has 0 heterocycles. The fourth-order valence-corrected chi connectivity index (χ4v) is 1.72. The minimum atomic E-state index is 0.512. The van der Waals surface area contributed by atoms with Gasteiger partial charge in [0.15, 0.2) is 0 Å². The fraction of sp³-hybridized carbons (Fsp3) is 0.538. The molecule has 1 aromatic carbocycles. The molecule has 1 nitrogen and oxygen atoms in total. The van der Waals surface area contributed by atoms with Crippen LogP contribution in [-0.4, -0.2) is 19.0 Å². The molecular weight excluding hydrogens is 170 g/mol. The van der Waals surface area contributed by atoms with Gasteiger partial charge in [-0.05, 0) is 38.6 Å². The predicted octanol–water partition coefficient (Wildman–Crippen LogP) is 3.26. The summed E-state index contributed by atoms with van der Waals surface area (Å²) in [5.74, 6) is 0. The molecule has 0 aliphatic heterocycles. The SMILES string of the molecule is CCCc1ccccc1C(C)N(C)C. The fourth-order valence-electron chi connectivity index (χ4n) is 1.72. The summed E-state index contributed by atoms with van der Waals surface area (Å²) in [4.78, 5) is 2.26. The first-order valence-electron chi connectivity index (χ1n) is 5.41. The first-order chi connectivity index (χ1) is 6.66. The normalized spacial score (nSPS) is 13.2. The first kappa shape index (κ1) is 11.3. The van der Waals surface area contributed by atoms with Gasteiger partial charge in [-0.2, -0.15) is 0 Å². The van der Waals surface area contributed by atoms with Gasteiger partial charge in [-0.3, -0.25) is 0 Å². The Hall–Kier alpha value is -0.820. The second kappa shape index (κ2) is 5.16. The van der Waals surface area contributed by atoms with Gasteiger partial charge < -0.3 is 4.90 Å². The number of aryl methyl sites for hydroxylation is 1. The maximum atomic E-state index is 2.26. The summed E-state index contributed by atoms with van der Waals surface area (Å²) in [5, 5.41) is 0. The summed E-state index contributed by atoms with van der Waals surface area (Å²) in [6, 6.07) is 9.28. The van der Waals surface area contributed by atoms with Crippen LogP contribution in [0, 0.1) is 0 Å². The average molecular weight is 191 g/mol. The van der Waals surface area contributed by atoms with Gasteiger partial charge >= 0.3 is 0 Å². The van der Waals surface area contributed by atoms with Gasteiger partial charge in [0.1, 0.15) is 0 Å². The van der Waals surface area contributed by atoms with E-state index in [0.717, 1.165) is 0 Å². The standard InChI is InChI=1S/C13H21N/c1-5-8-12-9-6-7-10-13(12)11(2)14(3)4/h6-7,9-11H,5,8H2,1-4H3. The summed E-state index contributed by atoms with van der Waals surface area (Å²) in [7, 11) is 4.26. The van der Waals surface area contributed by atoms with Crippen molar-refractivity contribution in [3.8, 4) is 0 Å². The van der Waals surface area contributed by atoms with E-state index in [2.05, 4.69) is 57.1 Å². The van der Waals surface area contributed by atoms with E-state index in [1.54, 1.807) is 0 Å². The number of hydrogen-bond donors (Lipinski definition) is 0. The molecule has 0 N–H and O–H groups in total. The molecule has 1 unspecified atom stereocenters. The number of nitrogens with zero attached hydrogens (tertiary/aromatic N) is 1. The highest BCUT2D eigenvalue weighted by Gasteiger charge is 2.10. The molecule has 0 saturated heterocycles. The van der Waals surface area contributed by atoms with Crippen molar-refractivity contribution in [1.82, 2.24) is 4.90 Å². The van der Waals surface area contributed by atoms with Crippen LogP contribution in [0.15, 0.2) is 24.3 Å². The quantitative estimate of drug-likeness (QED) is 0.706. The summed E-state index contributed by atoms with van der Waals surface area (Å²) >= 11 is 0. The smallest absolute Gasteiger partial charge is 0.0316 e. The molecule has 0 aliphatic carbocycles. The molecular formula is C13H21N. The number of rotatable bonds is 4. The first-order valence-corrected chi connectivity index (χ1v) is 5.41. The Labute approximate surface area is 87.7 Å². The Morgan fingerprint density at radius 3 is 2.43 bits per heavy atom. The van der Waals surface area contributed by atoms with Gasteiger partial charge in [0.25, 0.3) is 0 Å². The predicted molar refractivity (Wildman–Crippen MR) is 62.5 cm³/mol. The zero-order chi connectivity index (χ0) is 10.6. The molecule has 0 aliphatic rings. The van der Waals surface area contributed by atoms with Crippen LogP contribution >= 0.6 is 0 Å². The van der Waals surface area contributed by atoms with E-state index in [0.29, 0.717) is 6.04 Å². The minimum absolute atomic E-state index is 0.512. The molecule has 0 amide bonds. The van der Waals surface area contributed by atoms with Crippen molar-refractivity contribution in [2.75, 3.05) is 14.1 Å². The minimum Gasteiger partial charge on any atom is -0.303 e. The van der Waals surface area contributed by atoms with Crippen molar-refractivity contribution in [3.63, 3.8) is 0 Å². The lowest BCUT2D eigenvalue weighted by Crippen LogP contribution is -2.18. The van der Waals surface area contributed by atoms with Gasteiger partial charge in [0, 0.05) is 6.04 Å². The molecule has 1 heteroatoms. The molecule has 0 bridgehead atoms. The molecule has 1 aromatic rings. The lowest BCUT2D eigenvalue weighted by Gasteiger charge is -2.22. The molecule has 0 spiro atoms. The van der Waals surface area contributed by atoms with E-state index >= 15 is 0 Å². The second-order valence-electron chi connectivity index (χ2n) is 4.09. The zero-order valence-corrected chi connectivity index (χ0v) is 9.75. The Bertz CT molecular complexity index is 278. The van der Waals surface area contributed by atoms with Crippen LogP contribution < -0.4 is 0 Å². The Morgan fingerprint density at radius 2 is 1.86 bits per heavy atom. The van der Waals surface area contributed by atoms with Crippen molar-refractivity contribution in [2.45, 2.75) is 32.7 Å². The van der Waals surface area contributed by atoms with Gasteiger partial charge in [0.2, 0.25) is 0 Å². The van der Waals surface area contributed by atoms with Crippen molar-refractivity contribution in [3.05, 3.63) is 35.4 Å². The Balaban J connectivity index is 2.94. The van der Waals surface area contributed by atoms with Gasteiger partial charge in [-0.1, -0.05) is 37.6 Å². The van der Waals surface area contributed by atoms with E-state index < -0.39 is 0 Å². The lowest BCUT2D eigenvalue weighted by atomic mass is 9.98. The van der Waals surface area contributed by atoms with E-state index in [1.807, 2.05) is 0 Å². The molecule has 0 fully saturated rings. The van der Waals surface area contributed by atoms with Crippen molar-refractivity contribution in [1.29, 1.82) is 0 Å². The largest absolute Gasteiger partial charge is 0.303 e. The molecule has 0 aromatic heterocycles. The van der Waals surface area contributed by atoms with E-state index in [4.69, 9.17) is 0 Å². The van der Waals surface area contributed by atoms with Crippen molar-refractivity contribution in [2.24, 2.45) is 0 Å². The van der Waals surface area contributed by atoms with Gasteiger partial charge in [-0.25, -0.2) is 0 Å².